The van der Waals surface area contributed by atoms with Gasteiger partial charge in [-0.3, -0.25) is 14.3 Å². The molecule has 5 rings (SSSR count). The lowest BCUT2D eigenvalue weighted by Crippen LogP contribution is -2.24. The number of fused-ring (bicyclic) bond motifs is 1. The normalized spacial score (nSPS) is 15.9. The molecule has 10 nitrogen and oxygen atoms in total. The van der Waals surface area contributed by atoms with Gasteiger partial charge in [0.1, 0.15) is 23.0 Å². The predicted molar refractivity (Wildman–Crippen MR) is 122 cm³/mol. The maximum Gasteiger partial charge on any atom is 0.387 e. The van der Waals surface area contributed by atoms with Crippen LogP contribution < -0.4 is 10.1 Å². The zero-order valence-electron chi connectivity index (χ0n) is 18.2. The minimum Gasteiger partial charge on any atom is -0.434 e. The van der Waals surface area contributed by atoms with E-state index in [1.807, 2.05) is 0 Å². The molecule has 0 spiro atoms. The molecule has 1 aromatic carbocycles. The zero-order chi connectivity index (χ0) is 24.7. The quantitative estimate of drug-likeness (QED) is 0.433. The Labute approximate surface area is 202 Å². The third kappa shape index (κ3) is 4.28. The lowest BCUT2D eigenvalue weighted by molar-refractivity contribution is -0.129. The molecule has 0 saturated carbocycles. The van der Waals surface area contributed by atoms with Crippen molar-refractivity contribution in [1.29, 1.82) is 0 Å². The van der Waals surface area contributed by atoms with Crippen LogP contribution >= 0.6 is 11.6 Å². The van der Waals surface area contributed by atoms with Crippen LogP contribution in [0.5, 0.6) is 5.75 Å². The van der Waals surface area contributed by atoms with Crippen LogP contribution in [0.25, 0.3) is 16.9 Å². The van der Waals surface area contributed by atoms with Gasteiger partial charge in [0.2, 0.25) is 5.91 Å². The number of nitrogens with one attached hydrogen (secondary N) is 1. The number of carbonyl (C=O) groups excluding carboxylic acids is 2. The van der Waals surface area contributed by atoms with Crippen LogP contribution in [0.4, 0.5) is 14.5 Å². The lowest BCUT2D eigenvalue weighted by Gasteiger charge is -2.12. The van der Waals surface area contributed by atoms with E-state index >= 15 is 0 Å². The summed E-state index contributed by atoms with van der Waals surface area (Å²) in [4.78, 5) is 31.5. The number of anilines is 1. The number of rotatable bonds is 6. The van der Waals surface area contributed by atoms with E-state index < -0.39 is 18.6 Å². The molecule has 180 valence electrons. The number of carbonyl (C=O) groups is 2. The fourth-order valence-corrected chi connectivity index (χ4v) is 4.13. The van der Waals surface area contributed by atoms with Gasteiger partial charge in [-0.2, -0.15) is 19.0 Å². The maximum atomic E-state index is 13.2. The summed E-state index contributed by atoms with van der Waals surface area (Å²) >= 11 is 6.14. The molecular formula is C22H18ClF2N7O3. The molecule has 0 radical (unpaired) electrons. The van der Waals surface area contributed by atoms with Crippen molar-refractivity contribution in [2.24, 2.45) is 0 Å². The molecule has 0 unspecified atom stereocenters. The second kappa shape index (κ2) is 8.95. The van der Waals surface area contributed by atoms with Gasteiger partial charge in [0, 0.05) is 36.6 Å². The molecule has 1 atom stereocenters. The number of likely N-dealkylation sites (N-methyl/N-ethyl adjacent to an activating group) is 1. The fourth-order valence-electron chi connectivity index (χ4n) is 3.95. The Morgan fingerprint density at radius 3 is 2.91 bits per heavy atom. The number of benzene rings is 1. The number of nitrogens with zero attached hydrogens (tertiary/aromatic N) is 6. The second-order valence-corrected chi connectivity index (χ2v) is 8.29. The molecule has 1 aliphatic heterocycles. The Hall–Kier alpha value is -4.06. The fraction of sp³-hybridized carbons (Fsp3) is 0.227. The van der Waals surface area contributed by atoms with Crippen LogP contribution in [0.2, 0.25) is 5.02 Å². The highest BCUT2D eigenvalue weighted by Gasteiger charge is 2.33. The average Bonchev–Trinajstić information content (AvgIpc) is 3.52. The molecule has 1 aliphatic rings. The third-order valence-electron chi connectivity index (χ3n) is 5.64. The van der Waals surface area contributed by atoms with Crippen LogP contribution in [-0.4, -0.2) is 61.3 Å². The SMILES string of the molecule is CN1CC[C@@H](n2cc(NC(=O)c3cnn4cccnc34)c(-c3cc(Cl)ccc3OC(F)F)n2)C1=O. The van der Waals surface area contributed by atoms with E-state index in [2.05, 4.69) is 25.2 Å². The molecule has 1 fully saturated rings. The Balaban J connectivity index is 1.59. The monoisotopic (exact) mass is 501 g/mol. The number of aromatic nitrogens is 5. The molecule has 4 aromatic rings. The van der Waals surface area contributed by atoms with Gasteiger partial charge < -0.3 is 15.0 Å². The first-order valence-electron chi connectivity index (χ1n) is 10.5. The highest BCUT2D eigenvalue weighted by Crippen LogP contribution is 2.38. The van der Waals surface area contributed by atoms with Gasteiger partial charge in [-0.1, -0.05) is 11.6 Å². The van der Waals surface area contributed by atoms with Crippen molar-refractivity contribution < 1.29 is 23.1 Å². The van der Waals surface area contributed by atoms with Gasteiger partial charge in [-0.15, -0.1) is 0 Å². The summed E-state index contributed by atoms with van der Waals surface area (Å²) in [7, 11) is 1.68. The molecule has 13 heteroatoms. The topological polar surface area (TPSA) is 107 Å². The van der Waals surface area contributed by atoms with Gasteiger partial charge in [-0.25, -0.2) is 9.50 Å². The van der Waals surface area contributed by atoms with Crippen LogP contribution in [-0.2, 0) is 4.79 Å². The van der Waals surface area contributed by atoms with E-state index in [0.29, 0.717) is 18.6 Å². The molecule has 3 aromatic heterocycles. The lowest BCUT2D eigenvalue weighted by atomic mass is 10.1. The zero-order valence-corrected chi connectivity index (χ0v) is 19.0. The van der Waals surface area contributed by atoms with E-state index in [0.717, 1.165) is 0 Å². The van der Waals surface area contributed by atoms with Crippen molar-refractivity contribution in [2.75, 3.05) is 18.9 Å². The summed E-state index contributed by atoms with van der Waals surface area (Å²) in [5.74, 6) is -0.885. The highest BCUT2D eigenvalue weighted by atomic mass is 35.5. The number of ether oxygens (including phenoxy) is 1. The summed E-state index contributed by atoms with van der Waals surface area (Å²) in [6.45, 7) is -2.56. The average molecular weight is 502 g/mol. The maximum absolute atomic E-state index is 13.2. The van der Waals surface area contributed by atoms with Gasteiger partial charge in [0.05, 0.1) is 18.1 Å². The smallest absolute Gasteiger partial charge is 0.387 e. The summed E-state index contributed by atoms with van der Waals surface area (Å²) in [6.07, 6.45) is 6.52. The van der Waals surface area contributed by atoms with Crippen LogP contribution in [0.1, 0.15) is 22.8 Å². The van der Waals surface area contributed by atoms with Crippen molar-refractivity contribution in [1.82, 2.24) is 29.3 Å². The van der Waals surface area contributed by atoms with E-state index in [-0.39, 0.29) is 39.2 Å². The van der Waals surface area contributed by atoms with Crippen molar-refractivity contribution >= 4 is 34.7 Å². The summed E-state index contributed by atoms with van der Waals surface area (Å²) in [5.41, 5.74) is 0.938. The number of amides is 2. The second-order valence-electron chi connectivity index (χ2n) is 7.85. The molecule has 1 N–H and O–H groups in total. The molecule has 0 aliphatic carbocycles. The number of likely N-dealkylation sites (tertiary alicyclic amines) is 1. The Morgan fingerprint density at radius 2 is 2.17 bits per heavy atom. The largest absolute Gasteiger partial charge is 0.434 e. The first-order valence-corrected chi connectivity index (χ1v) is 10.9. The molecule has 4 heterocycles. The minimum atomic E-state index is -3.09. The summed E-state index contributed by atoms with van der Waals surface area (Å²) < 4.78 is 33.7. The molecule has 35 heavy (non-hydrogen) atoms. The number of alkyl halides is 2. The van der Waals surface area contributed by atoms with E-state index in [4.69, 9.17) is 11.6 Å². The number of hydrogen-bond donors (Lipinski definition) is 1. The van der Waals surface area contributed by atoms with Gasteiger partial charge in [0.25, 0.3) is 5.91 Å². The number of hydrogen-bond acceptors (Lipinski definition) is 6. The molecule has 2 amide bonds. The predicted octanol–water partition coefficient (Wildman–Crippen LogP) is 3.50. The Bertz CT molecular complexity index is 1440. The van der Waals surface area contributed by atoms with Gasteiger partial charge in [-0.05, 0) is 30.7 Å². The molecule has 1 saturated heterocycles. The summed E-state index contributed by atoms with van der Waals surface area (Å²) in [5, 5.41) is 11.6. The number of halogens is 3. The van der Waals surface area contributed by atoms with Crippen molar-refractivity contribution in [2.45, 2.75) is 19.1 Å². The Morgan fingerprint density at radius 1 is 1.34 bits per heavy atom. The van der Waals surface area contributed by atoms with Crippen LogP contribution in [0.3, 0.4) is 0 Å². The highest BCUT2D eigenvalue weighted by molar-refractivity contribution is 6.31. The van der Waals surface area contributed by atoms with E-state index in [1.165, 1.54) is 46.0 Å². The van der Waals surface area contributed by atoms with Gasteiger partial charge >= 0.3 is 6.61 Å². The molecular weight excluding hydrogens is 484 g/mol. The summed E-state index contributed by atoms with van der Waals surface area (Å²) in [6, 6.07) is 5.15. The van der Waals surface area contributed by atoms with E-state index in [9.17, 15) is 18.4 Å². The van der Waals surface area contributed by atoms with Crippen molar-refractivity contribution in [3.05, 3.63) is 59.6 Å². The van der Waals surface area contributed by atoms with E-state index in [1.54, 1.807) is 24.2 Å². The van der Waals surface area contributed by atoms with Crippen LogP contribution in [0.15, 0.2) is 49.1 Å². The standard InChI is InChI=1S/C22H18ClF2N7O3/c1-30-8-5-16(21(30)34)32-11-15(28-20(33)14-10-27-31-7-2-6-26-19(14)31)18(29-32)13-9-12(23)3-4-17(13)35-22(24)25/h2-4,6-7,9-11,16,22H,5,8H2,1H3,(H,28,33)/t16-/m1/s1. The Kier molecular flexibility index (Phi) is 5.81. The minimum absolute atomic E-state index is 0.114. The first-order chi connectivity index (χ1) is 16.8. The van der Waals surface area contributed by atoms with Crippen molar-refractivity contribution in [3.63, 3.8) is 0 Å². The van der Waals surface area contributed by atoms with Crippen molar-refractivity contribution in [3.8, 4) is 17.0 Å². The first kappa shape index (κ1) is 22.7. The van der Waals surface area contributed by atoms with Gasteiger partial charge in [0.15, 0.2) is 5.65 Å². The third-order valence-corrected chi connectivity index (χ3v) is 5.87. The van der Waals surface area contributed by atoms with Crippen LogP contribution in [0, 0.1) is 0 Å². The molecule has 0 bridgehead atoms.